The standard InChI is InChI=1S/C10H22BrNO2S/c11-9-7-5-3-1-2-4-6-8-10-15(12,13)14/h1-10H2,(H2,12,13,14). The van der Waals surface area contributed by atoms with Crippen LogP contribution >= 0.6 is 15.9 Å². The van der Waals surface area contributed by atoms with Crippen LogP contribution in [0.25, 0.3) is 0 Å². The van der Waals surface area contributed by atoms with Gasteiger partial charge in [0, 0.05) is 5.33 Å². The third-order valence-electron chi connectivity index (χ3n) is 2.31. The molecule has 0 aromatic carbocycles. The van der Waals surface area contributed by atoms with Gasteiger partial charge in [0.1, 0.15) is 0 Å². The number of alkyl halides is 1. The van der Waals surface area contributed by atoms with Crippen molar-refractivity contribution in [3.63, 3.8) is 0 Å². The van der Waals surface area contributed by atoms with Crippen molar-refractivity contribution in [3.05, 3.63) is 0 Å². The number of halogens is 1. The number of nitrogens with two attached hydrogens (primary N) is 1. The third kappa shape index (κ3) is 14.4. The summed E-state index contributed by atoms with van der Waals surface area (Å²) in [5.74, 6) is 0.136. The molecule has 0 aliphatic carbocycles. The lowest BCUT2D eigenvalue weighted by molar-refractivity contribution is 0.574. The zero-order valence-corrected chi connectivity index (χ0v) is 11.7. The Kier molecular flexibility index (Phi) is 9.85. The second-order valence-corrected chi connectivity index (χ2v) is 6.41. The highest BCUT2D eigenvalue weighted by atomic mass is 79.9. The fourth-order valence-corrected chi connectivity index (χ4v) is 2.46. The van der Waals surface area contributed by atoms with Crippen LogP contribution in [0.4, 0.5) is 0 Å². The van der Waals surface area contributed by atoms with Gasteiger partial charge in [-0.3, -0.25) is 0 Å². The third-order valence-corrected chi connectivity index (χ3v) is 3.73. The van der Waals surface area contributed by atoms with Crippen LogP contribution in [0, 0.1) is 0 Å². The maximum absolute atomic E-state index is 10.6. The van der Waals surface area contributed by atoms with Crippen LogP contribution in [-0.2, 0) is 10.0 Å². The Balaban J connectivity index is 3.06. The summed E-state index contributed by atoms with van der Waals surface area (Å²) in [4.78, 5) is 0. The highest BCUT2D eigenvalue weighted by Crippen LogP contribution is 2.09. The summed E-state index contributed by atoms with van der Waals surface area (Å²) in [6.07, 6.45) is 9.14. The lowest BCUT2D eigenvalue weighted by atomic mass is 10.1. The van der Waals surface area contributed by atoms with Crippen molar-refractivity contribution in [2.75, 3.05) is 11.1 Å². The van der Waals surface area contributed by atoms with Gasteiger partial charge in [-0.15, -0.1) is 0 Å². The monoisotopic (exact) mass is 299 g/mol. The van der Waals surface area contributed by atoms with E-state index in [0.717, 1.165) is 18.2 Å². The fraction of sp³-hybridized carbons (Fsp3) is 1.00. The minimum atomic E-state index is -3.23. The van der Waals surface area contributed by atoms with Gasteiger partial charge in [-0.2, -0.15) is 0 Å². The van der Waals surface area contributed by atoms with Crippen molar-refractivity contribution in [2.24, 2.45) is 5.14 Å². The Morgan fingerprint density at radius 1 is 0.800 bits per heavy atom. The Bertz CT molecular complexity index is 230. The first-order chi connectivity index (χ1) is 7.06. The summed E-state index contributed by atoms with van der Waals surface area (Å²) in [5.41, 5.74) is 0. The van der Waals surface area contributed by atoms with Crippen molar-refractivity contribution >= 4 is 26.0 Å². The predicted molar refractivity (Wildman–Crippen MR) is 68.7 cm³/mol. The summed E-state index contributed by atoms with van der Waals surface area (Å²) in [6, 6.07) is 0. The van der Waals surface area contributed by atoms with Crippen molar-refractivity contribution in [3.8, 4) is 0 Å². The molecule has 15 heavy (non-hydrogen) atoms. The van der Waals surface area contributed by atoms with E-state index in [0.29, 0.717) is 6.42 Å². The van der Waals surface area contributed by atoms with E-state index >= 15 is 0 Å². The highest BCUT2D eigenvalue weighted by Gasteiger charge is 2.00. The molecule has 0 fully saturated rings. The number of rotatable bonds is 10. The van der Waals surface area contributed by atoms with E-state index < -0.39 is 10.0 Å². The summed E-state index contributed by atoms with van der Waals surface area (Å²) in [5, 5.41) is 6.00. The van der Waals surface area contributed by atoms with Gasteiger partial charge >= 0.3 is 0 Å². The van der Waals surface area contributed by atoms with E-state index in [1.807, 2.05) is 0 Å². The zero-order valence-electron chi connectivity index (χ0n) is 9.25. The van der Waals surface area contributed by atoms with Crippen LogP contribution in [0.3, 0.4) is 0 Å². The molecule has 0 heterocycles. The minimum absolute atomic E-state index is 0.136. The first-order valence-corrected chi connectivity index (χ1v) is 8.46. The van der Waals surface area contributed by atoms with E-state index in [1.165, 1.54) is 32.1 Å². The molecule has 0 aromatic rings. The topological polar surface area (TPSA) is 60.2 Å². The first-order valence-electron chi connectivity index (χ1n) is 5.62. The summed E-state index contributed by atoms with van der Waals surface area (Å²) in [6.45, 7) is 0. The van der Waals surface area contributed by atoms with Gasteiger partial charge < -0.3 is 0 Å². The molecule has 2 N–H and O–H groups in total. The Morgan fingerprint density at radius 3 is 1.60 bits per heavy atom. The van der Waals surface area contributed by atoms with E-state index in [2.05, 4.69) is 15.9 Å². The largest absolute Gasteiger partial charge is 0.229 e. The van der Waals surface area contributed by atoms with E-state index in [9.17, 15) is 8.42 Å². The average Bonchev–Trinajstić information content (AvgIpc) is 2.14. The first kappa shape index (κ1) is 15.4. The molecule has 0 saturated carbocycles. The number of hydrogen-bond donors (Lipinski definition) is 1. The second-order valence-electron chi connectivity index (χ2n) is 3.88. The molecule has 0 radical (unpaired) electrons. The van der Waals surface area contributed by atoms with Crippen LogP contribution in [0.5, 0.6) is 0 Å². The summed E-state index contributed by atoms with van der Waals surface area (Å²) in [7, 11) is -3.23. The second kappa shape index (κ2) is 9.60. The average molecular weight is 300 g/mol. The highest BCUT2D eigenvalue weighted by molar-refractivity contribution is 9.09. The fourth-order valence-electron chi connectivity index (χ4n) is 1.46. The molecule has 0 aromatic heterocycles. The molecule has 0 rings (SSSR count). The van der Waals surface area contributed by atoms with Crippen molar-refractivity contribution < 1.29 is 8.42 Å². The molecule has 0 amide bonds. The molecule has 92 valence electrons. The smallest absolute Gasteiger partial charge is 0.209 e. The van der Waals surface area contributed by atoms with Crippen LogP contribution in [0.1, 0.15) is 51.4 Å². The number of hydrogen-bond acceptors (Lipinski definition) is 2. The Labute approximate surface area is 102 Å². The SMILES string of the molecule is NS(=O)(=O)CCCCCCCCCCBr. The molecule has 3 nitrogen and oxygen atoms in total. The Hall–Kier alpha value is 0.390. The predicted octanol–water partition coefficient (Wildman–Crippen LogP) is 2.79. The molecule has 5 heteroatoms. The Morgan fingerprint density at radius 2 is 1.20 bits per heavy atom. The van der Waals surface area contributed by atoms with E-state index in [-0.39, 0.29) is 5.75 Å². The quantitative estimate of drug-likeness (QED) is 0.498. The number of sulfonamides is 1. The zero-order chi connectivity index (χ0) is 11.6. The lowest BCUT2D eigenvalue weighted by Crippen LogP contribution is -2.16. The van der Waals surface area contributed by atoms with Crippen LogP contribution < -0.4 is 5.14 Å². The summed E-state index contributed by atoms with van der Waals surface area (Å²) < 4.78 is 21.2. The molecule has 0 atom stereocenters. The van der Waals surface area contributed by atoms with E-state index in [1.54, 1.807) is 0 Å². The van der Waals surface area contributed by atoms with E-state index in [4.69, 9.17) is 5.14 Å². The molecule has 0 bridgehead atoms. The molecule has 0 unspecified atom stereocenters. The van der Waals surface area contributed by atoms with Gasteiger partial charge in [0.05, 0.1) is 5.75 Å². The van der Waals surface area contributed by atoms with Crippen LogP contribution in [-0.4, -0.2) is 19.5 Å². The van der Waals surface area contributed by atoms with Crippen molar-refractivity contribution in [1.29, 1.82) is 0 Å². The van der Waals surface area contributed by atoms with Gasteiger partial charge in [0.25, 0.3) is 0 Å². The minimum Gasteiger partial charge on any atom is -0.229 e. The van der Waals surface area contributed by atoms with Crippen LogP contribution in [0.2, 0.25) is 0 Å². The lowest BCUT2D eigenvalue weighted by Gasteiger charge is -2.01. The van der Waals surface area contributed by atoms with Crippen molar-refractivity contribution in [2.45, 2.75) is 51.4 Å². The van der Waals surface area contributed by atoms with Gasteiger partial charge in [-0.25, -0.2) is 13.6 Å². The number of primary sulfonamides is 1. The summed E-state index contributed by atoms with van der Waals surface area (Å²) >= 11 is 3.40. The molecule has 0 saturated heterocycles. The maximum Gasteiger partial charge on any atom is 0.209 e. The molecule has 0 spiro atoms. The number of unbranched alkanes of at least 4 members (excludes halogenated alkanes) is 7. The molecule has 0 aliphatic rings. The molecule has 0 aliphatic heterocycles. The van der Waals surface area contributed by atoms with Gasteiger partial charge in [0.2, 0.25) is 10.0 Å². The molecular formula is C10H22BrNO2S. The van der Waals surface area contributed by atoms with Gasteiger partial charge in [0.15, 0.2) is 0 Å². The van der Waals surface area contributed by atoms with Gasteiger partial charge in [-0.1, -0.05) is 54.5 Å². The normalized spacial score (nSPS) is 11.9. The van der Waals surface area contributed by atoms with Crippen molar-refractivity contribution in [1.82, 2.24) is 0 Å². The molecular weight excluding hydrogens is 278 g/mol. The van der Waals surface area contributed by atoms with Gasteiger partial charge in [-0.05, 0) is 12.8 Å². The maximum atomic E-state index is 10.6. The van der Waals surface area contributed by atoms with Crippen LogP contribution in [0.15, 0.2) is 0 Å².